The van der Waals surface area contributed by atoms with Crippen molar-refractivity contribution in [2.75, 3.05) is 5.32 Å². The fraction of sp³-hybridized carbons (Fsp3) is 0.429. The first-order chi connectivity index (χ1) is 10.6. The Kier molecular flexibility index (Phi) is 3.90. The van der Waals surface area contributed by atoms with Gasteiger partial charge in [0.1, 0.15) is 6.61 Å². The van der Waals surface area contributed by atoms with Gasteiger partial charge in [0.2, 0.25) is 11.7 Å². The molecule has 22 heavy (non-hydrogen) atoms. The first-order valence-electron chi connectivity index (χ1n) is 7.15. The lowest BCUT2D eigenvalue weighted by Gasteiger charge is -2.26. The van der Waals surface area contributed by atoms with Gasteiger partial charge in [-0.3, -0.25) is 14.8 Å². The highest BCUT2D eigenvalue weighted by Gasteiger charge is 2.23. The van der Waals surface area contributed by atoms with Gasteiger partial charge in [0.15, 0.2) is 0 Å². The molecule has 0 spiro atoms. The van der Waals surface area contributed by atoms with E-state index in [4.69, 9.17) is 4.74 Å². The second-order valence-electron chi connectivity index (χ2n) is 5.28. The van der Waals surface area contributed by atoms with Gasteiger partial charge < -0.3 is 10.1 Å². The van der Waals surface area contributed by atoms with Crippen LogP contribution in [0.3, 0.4) is 0 Å². The fourth-order valence-corrected chi connectivity index (χ4v) is 2.20. The van der Waals surface area contributed by atoms with Crippen molar-refractivity contribution >= 4 is 11.5 Å². The van der Waals surface area contributed by atoms with E-state index in [2.05, 4.69) is 15.4 Å². The average Bonchev–Trinajstić information content (AvgIpc) is 2.86. The zero-order chi connectivity index (χ0) is 15.5. The van der Waals surface area contributed by atoms with Gasteiger partial charge in [-0.1, -0.05) is 0 Å². The number of aromatic nitrogens is 3. The number of pyridine rings is 1. The van der Waals surface area contributed by atoms with E-state index >= 15 is 0 Å². The highest BCUT2D eigenvalue weighted by atomic mass is 16.6. The van der Waals surface area contributed by atoms with Gasteiger partial charge in [0, 0.05) is 31.4 Å². The van der Waals surface area contributed by atoms with Crippen molar-refractivity contribution in [2.45, 2.75) is 31.9 Å². The second-order valence-corrected chi connectivity index (χ2v) is 5.28. The number of rotatable bonds is 6. The number of ether oxygens (including phenoxy) is 1. The molecule has 2 aromatic rings. The predicted molar refractivity (Wildman–Crippen MR) is 79.7 cm³/mol. The molecular weight excluding hydrogens is 286 g/mol. The smallest absolute Gasteiger partial charge is 0.311 e. The van der Waals surface area contributed by atoms with Crippen molar-refractivity contribution in [3.63, 3.8) is 0 Å². The summed E-state index contributed by atoms with van der Waals surface area (Å²) in [6, 6.07) is 5.05. The second kappa shape index (κ2) is 6.00. The summed E-state index contributed by atoms with van der Waals surface area (Å²) in [7, 11) is 1.82. The molecule has 1 aliphatic carbocycles. The van der Waals surface area contributed by atoms with E-state index in [9.17, 15) is 10.1 Å². The molecule has 0 saturated heterocycles. The molecule has 1 N–H and O–H groups in total. The van der Waals surface area contributed by atoms with Crippen LogP contribution in [0.15, 0.2) is 24.4 Å². The van der Waals surface area contributed by atoms with Crippen LogP contribution in [-0.4, -0.2) is 25.7 Å². The zero-order valence-corrected chi connectivity index (χ0v) is 12.2. The lowest BCUT2D eigenvalue weighted by molar-refractivity contribution is -0.384. The van der Waals surface area contributed by atoms with Crippen molar-refractivity contribution in [3.05, 3.63) is 40.2 Å². The standard InChI is InChI=1S/C14H17N5O3/c1-18-11(7-8-15-18)9-22-13-6-5-12(19(20)21)14(17-13)16-10-3-2-4-10/h5-8,10H,2-4,9H2,1H3,(H,16,17). The van der Waals surface area contributed by atoms with E-state index in [0.717, 1.165) is 25.0 Å². The fourth-order valence-electron chi connectivity index (χ4n) is 2.20. The monoisotopic (exact) mass is 303 g/mol. The van der Waals surface area contributed by atoms with E-state index in [1.807, 2.05) is 13.1 Å². The average molecular weight is 303 g/mol. The number of nitrogens with zero attached hydrogens (tertiary/aromatic N) is 4. The topological polar surface area (TPSA) is 95.1 Å². The Morgan fingerprint density at radius 2 is 2.27 bits per heavy atom. The number of anilines is 1. The van der Waals surface area contributed by atoms with Gasteiger partial charge in [-0.15, -0.1) is 0 Å². The highest BCUT2D eigenvalue weighted by Crippen LogP contribution is 2.30. The van der Waals surface area contributed by atoms with E-state index in [1.165, 1.54) is 12.1 Å². The molecule has 2 aromatic heterocycles. The zero-order valence-electron chi connectivity index (χ0n) is 12.2. The minimum atomic E-state index is -0.432. The van der Waals surface area contributed by atoms with E-state index in [1.54, 1.807) is 10.9 Å². The Bertz CT molecular complexity index is 681. The molecule has 0 bridgehead atoms. The normalized spacial score (nSPS) is 14.4. The van der Waals surface area contributed by atoms with Crippen LogP contribution in [0.5, 0.6) is 5.88 Å². The number of hydrogen-bond donors (Lipinski definition) is 1. The number of aryl methyl sites for hydroxylation is 1. The third-order valence-corrected chi connectivity index (χ3v) is 3.78. The van der Waals surface area contributed by atoms with Crippen LogP contribution in [0.2, 0.25) is 0 Å². The van der Waals surface area contributed by atoms with Crippen molar-refractivity contribution < 1.29 is 9.66 Å². The lowest BCUT2D eigenvalue weighted by Crippen LogP contribution is -2.27. The first kappa shape index (κ1) is 14.3. The molecule has 8 nitrogen and oxygen atoms in total. The van der Waals surface area contributed by atoms with Gasteiger partial charge in [0.05, 0.1) is 10.6 Å². The summed E-state index contributed by atoms with van der Waals surface area (Å²) >= 11 is 0. The molecule has 2 heterocycles. The minimum absolute atomic E-state index is 0.0280. The molecule has 1 fully saturated rings. The van der Waals surface area contributed by atoms with Crippen LogP contribution < -0.4 is 10.1 Å². The molecule has 1 aliphatic rings. The van der Waals surface area contributed by atoms with Crippen LogP contribution >= 0.6 is 0 Å². The molecule has 0 unspecified atom stereocenters. The van der Waals surface area contributed by atoms with Crippen LogP contribution in [0, 0.1) is 10.1 Å². The van der Waals surface area contributed by atoms with Gasteiger partial charge in [0.25, 0.3) is 0 Å². The summed E-state index contributed by atoms with van der Waals surface area (Å²) in [5, 5.41) is 18.3. The van der Waals surface area contributed by atoms with Gasteiger partial charge in [-0.05, 0) is 25.3 Å². The first-order valence-corrected chi connectivity index (χ1v) is 7.15. The summed E-state index contributed by atoms with van der Waals surface area (Å²) in [6.07, 6.45) is 4.85. The number of nitro groups is 1. The third-order valence-electron chi connectivity index (χ3n) is 3.78. The SMILES string of the molecule is Cn1nccc1COc1ccc([N+](=O)[O-])c(NC2CCC2)n1. The van der Waals surface area contributed by atoms with Crippen LogP contribution in [0.1, 0.15) is 25.0 Å². The van der Waals surface area contributed by atoms with Crippen molar-refractivity contribution in [1.29, 1.82) is 0 Å². The molecule has 8 heteroatoms. The maximum absolute atomic E-state index is 11.1. The predicted octanol–water partition coefficient (Wildman–Crippen LogP) is 2.27. The molecule has 0 radical (unpaired) electrons. The molecule has 116 valence electrons. The van der Waals surface area contributed by atoms with E-state index in [-0.39, 0.29) is 17.5 Å². The van der Waals surface area contributed by atoms with Gasteiger partial charge in [-0.2, -0.15) is 10.1 Å². The number of nitrogens with one attached hydrogen (secondary N) is 1. The minimum Gasteiger partial charge on any atom is -0.471 e. The Balaban J connectivity index is 1.75. The van der Waals surface area contributed by atoms with Crippen LogP contribution in [0.4, 0.5) is 11.5 Å². The summed E-state index contributed by atoms with van der Waals surface area (Å²) < 4.78 is 7.31. The molecular formula is C14H17N5O3. The molecule has 0 aromatic carbocycles. The van der Waals surface area contributed by atoms with Gasteiger partial charge >= 0.3 is 5.69 Å². The molecule has 0 atom stereocenters. The van der Waals surface area contributed by atoms with Crippen molar-refractivity contribution in [1.82, 2.24) is 14.8 Å². The largest absolute Gasteiger partial charge is 0.471 e. The van der Waals surface area contributed by atoms with Crippen molar-refractivity contribution in [2.24, 2.45) is 7.05 Å². The Morgan fingerprint density at radius 3 is 2.86 bits per heavy atom. The Labute approximate surface area is 127 Å². The Morgan fingerprint density at radius 1 is 1.45 bits per heavy atom. The van der Waals surface area contributed by atoms with Crippen LogP contribution in [-0.2, 0) is 13.7 Å². The summed E-state index contributed by atoms with van der Waals surface area (Å²) in [5.74, 6) is 0.630. The summed E-state index contributed by atoms with van der Waals surface area (Å²) in [6.45, 7) is 0.310. The van der Waals surface area contributed by atoms with E-state index < -0.39 is 4.92 Å². The highest BCUT2D eigenvalue weighted by molar-refractivity contribution is 5.57. The lowest BCUT2D eigenvalue weighted by atomic mass is 9.93. The quantitative estimate of drug-likeness (QED) is 0.649. The molecule has 0 amide bonds. The maximum atomic E-state index is 11.1. The molecule has 1 saturated carbocycles. The number of hydrogen-bond acceptors (Lipinski definition) is 6. The third kappa shape index (κ3) is 3.00. The Hall–Kier alpha value is -2.64. The molecule has 3 rings (SSSR count). The maximum Gasteiger partial charge on any atom is 0.311 e. The van der Waals surface area contributed by atoms with Crippen molar-refractivity contribution in [3.8, 4) is 5.88 Å². The summed E-state index contributed by atoms with van der Waals surface area (Å²) in [4.78, 5) is 14.9. The molecule has 0 aliphatic heterocycles. The van der Waals surface area contributed by atoms with Gasteiger partial charge in [-0.25, -0.2) is 0 Å². The van der Waals surface area contributed by atoms with E-state index in [0.29, 0.717) is 12.5 Å². The summed E-state index contributed by atoms with van der Waals surface area (Å²) in [5.41, 5.74) is 0.869. The van der Waals surface area contributed by atoms with Crippen LogP contribution in [0.25, 0.3) is 0 Å².